The van der Waals surface area contributed by atoms with E-state index in [2.05, 4.69) is 6.92 Å². The summed E-state index contributed by atoms with van der Waals surface area (Å²) in [5, 5.41) is 28.1. The normalized spacial score (nSPS) is 32.0. The van der Waals surface area contributed by atoms with Crippen LogP contribution in [0.2, 0.25) is 0 Å². The van der Waals surface area contributed by atoms with Gasteiger partial charge in [0, 0.05) is 5.75 Å². The fraction of sp³-hybridized carbons (Fsp3) is 1.00. The molecule has 1 fully saturated rings. The van der Waals surface area contributed by atoms with E-state index in [1.807, 2.05) is 0 Å². The van der Waals surface area contributed by atoms with Crippen molar-refractivity contribution in [3.8, 4) is 0 Å². The number of hydrogen-bond donors (Lipinski definition) is 3. The molecule has 0 saturated carbocycles. The second-order valence-electron chi connectivity index (χ2n) is 4.89. The lowest BCUT2D eigenvalue weighted by molar-refractivity contribution is -0.123. The third kappa shape index (κ3) is 5.45. The molecule has 0 aliphatic carbocycles. The molecule has 18 heavy (non-hydrogen) atoms. The van der Waals surface area contributed by atoms with Gasteiger partial charge in [-0.25, -0.2) is 0 Å². The highest BCUT2D eigenvalue weighted by Crippen LogP contribution is 2.23. The molecule has 4 atom stereocenters. The number of ether oxygens (including phenoxy) is 1. The first-order valence-electron chi connectivity index (χ1n) is 6.94. The second kappa shape index (κ2) is 9.15. The van der Waals surface area contributed by atoms with E-state index in [0.717, 1.165) is 5.75 Å². The van der Waals surface area contributed by atoms with Gasteiger partial charge >= 0.3 is 0 Å². The van der Waals surface area contributed by atoms with E-state index in [-0.39, 0.29) is 0 Å². The molecule has 0 aromatic heterocycles. The van der Waals surface area contributed by atoms with Crippen LogP contribution >= 0.6 is 11.8 Å². The quantitative estimate of drug-likeness (QED) is 0.558. The van der Waals surface area contributed by atoms with Crippen molar-refractivity contribution in [1.82, 2.24) is 0 Å². The molecule has 0 aromatic rings. The van der Waals surface area contributed by atoms with Crippen molar-refractivity contribution in [2.75, 3.05) is 11.5 Å². The number of hydrogen-bond acceptors (Lipinski definition) is 5. The molecule has 0 radical (unpaired) electrons. The number of thioether (sulfide) groups is 1. The molecule has 5 heteroatoms. The number of aliphatic hydroxyl groups is 3. The van der Waals surface area contributed by atoms with Crippen molar-refractivity contribution in [2.45, 2.75) is 70.1 Å². The van der Waals surface area contributed by atoms with Crippen molar-refractivity contribution in [3.63, 3.8) is 0 Å². The van der Waals surface area contributed by atoms with E-state index in [4.69, 9.17) is 4.74 Å². The smallest absolute Gasteiger partial charge is 0.183 e. The summed E-state index contributed by atoms with van der Waals surface area (Å²) < 4.78 is 5.08. The molecule has 0 spiro atoms. The van der Waals surface area contributed by atoms with E-state index in [1.54, 1.807) is 11.8 Å². The Labute approximate surface area is 114 Å². The van der Waals surface area contributed by atoms with Crippen LogP contribution in [0, 0.1) is 0 Å². The van der Waals surface area contributed by atoms with Crippen LogP contribution < -0.4 is 0 Å². The molecule has 0 bridgehead atoms. The van der Waals surface area contributed by atoms with Crippen LogP contribution in [0.5, 0.6) is 0 Å². The molecular weight excluding hydrogens is 252 g/mol. The van der Waals surface area contributed by atoms with Crippen LogP contribution in [0.25, 0.3) is 0 Å². The van der Waals surface area contributed by atoms with Crippen molar-refractivity contribution in [1.29, 1.82) is 0 Å². The number of rotatable bonds is 9. The Balaban J connectivity index is 1.95. The standard InChI is InChI=1S/C13H26O4S/c1-2-3-4-5-6-7-8-18-9-10-11(14)12(15)13(16)17-10/h10-16H,2-9H2,1H3/t10-,11+,12-,13?/m1/s1. The lowest BCUT2D eigenvalue weighted by Crippen LogP contribution is -2.33. The largest absolute Gasteiger partial charge is 0.387 e. The summed E-state index contributed by atoms with van der Waals surface area (Å²) in [6.45, 7) is 2.21. The van der Waals surface area contributed by atoms with Gasteiger partial charge in [-0.1, -0.05) is 39.0 Å². The molecular formula is C13H26O4S. The first-order valence-corrected chi connectivity index (χ1v) is 8.09. The Morgan fingerprint density at radius 2 is 1.61 bits per heavy atom. The van der Waals surface area contributed by atoms with Crippen LogP contribution in [-0.2, 0) is 4.74 Å². The molecule has 1 aliphatic heterocycles. The number of aliphatic hydroxyl groups excluding tert-OH is 3. The topological polar surface area (TPSA) is 69.9 Å². The van der Waals surface area contributed by atoms with Crippen LogP contribution in [0.15, 0.2) is 0 Å². The molecule has 108 valence electrons. The van der Waals surface area contributed by atoms with Crippen molar-refractivity contribution in [2.24, 2.45) is 0 Å². The monoisotopic (exact) mass is 278 g/mol. The maximum atomic E-state index is 9.58. The Bertz CT molecular complexity index is 215. The van der Waals surface area contributed by atoms with Gasteiger partial charge in [0.15, 0.2) is 6.29 Å². The lowest BCUT2D eigenvalue weighted by atomic mass is 10.1. The molecule has 4 nitrogen and oxygen atoms in total. The maximum Gasteiger partial charge on any atom is 0.183 e. The Hall–Kier alpha value is 0.190. The molecule has 1 saturated heterocycles. The van der Waals surface area contributed by atoms with Gasteiger partial charge in [0.1, 0.15) is 12.2 Å². The highest BCUT2D eigenvalue weighted by atomic mass is 32.2. The molecule has 1 aliphatic rings. The minimum Gasteiger partial charge on any atom is -0.387 e. The summed E-state index contributed by atoms with van der Waals surface area (Å²) in [4.78, 5) is 0. The molecule has 0 aromatic carbocycles. The van der Waals surface area contributed by atoms with E-state index < -0.39 is 24.6 Å². The fourth-order valence-electron chi connectivity index (χ4n) is 2.05. The zero-order valence-electron chi connectivity index (χ0n) is 11.1. The molecule has 3 N–H and O–H groups in total. The summed E-state index contributed by atoms with van der Waals surface area (Å²) in [6, 6.07) is 0. The second-order valence-corrected chi connectivity index (χ2v) is 6.04. The Morgan fingerprint density at radius 3 is 2.22 bits per heavy atom. The van der Waals surface area contributed by atoms with E-state index in [1.165, 1.54) is 38.5 Å². The Kier molecular flexibility index (Phi) is 8.26. The minimum absolute atomic E-state index is 0.444. The predicted molar refractivity (Wildman–Crippen MR) is 73.6 cm³/mol. The van der Waals surface area contributed by atoms with Crippen LogP contribution in [0.4, 0.5) is 0 Å². The first kappa shape index (κ1) is 16.2. The van der Waals surface area contributed by atoms with Crippen LogP contribution in [0.3, 0.4) is 0 Å². The number of unbranched alkanes of at least 4 members (excludes halogenated alkanes) is 5. The highest BCUT2D eigenvalue weighted by Gasteiger charge is 2.41. The predicted octanol–water partition coefficient (Wildman–Crippen LogP) is 1.52. The van der Waals surface area contributed by atoms with Gasteiger partial charge in [0.2, 0.25) is 0 Å². The average molecular weight is 278 g/mol. The van der Waals surface area contributed by atoms with Gasteiger partial charge in [0.05, 0.1) is 6.10 Å². The molecule has 1 unspecified atom stereocenters. The molecule has 1 heterocycles. The first-order chi connectivity index (χ1) is 8.66. The van der Waals surface area contributed by atoms with Crippen LogP contribution in [-0.4, -0.2) is 51.4 Å². The van der Waals surface area contributed by atoms with Gasteiger partial charge < -0.3 is 20.1 Å². The van der Waals surface area contributed by atoms with Gasteiger partial charge in [0.25, 0.3) is 0 Å². The fourth-order valence-corrected chi connectivity index (χ4v) is 3.13. The summed E-state index contributed by atoms with van der Waals surface area (Å²) in [6.07, 6.45) is 3.86. The molecule has 1 rings (SSSR count). The van der Waals surface area contributed by atoms with Gasteiger partial charge in [-0.2, -0.15) is 11.8 Å². The average Bonchev–Trinajstić information content (AvgIpc) is 2.60. The summed E-state index contributed by atoms with van der Waals surface area (Å²) in [7, 11) is 0. The highest BCUT2D eigenvalue weighted by molar-refractivity contribution is 7.99. The van der Waals surface area contributed by atoms with Crippen molar-refractivity contribution >= 4 is 11.8 Å². The molecule has 0 amide bonds. The summed E-state index contributed by atoms with van der Waals surface area (Å²) in [5.74, 6) is 1.68. The van der Waals surface area contributed by atoms with Gasteiger partial charge in [-0.05, 0) is 12.2 Å². The zero-order valence-corrected chi connectivity index (χ0v) is 11.9. The van der Waals surface area contributed by atoms with Gasteiger partial charge in [-0.15, -0.1) is 0 Å². The van der Waals surface area contributed by atoms with E-state index >= 15 is 0 Å². The van der Waals surface area contributed by atoms with Crippen molar-refractivity contribution < 1.29 is 20.1 Å². The maximum absolute atomic E-state index is 9.58. The van der Waals surface area contributed by atoms with Crippen LogP contribution in [0.1, 0.15) is 45.4 Å². The lowest BCUT2D eigenvalue weighted by Gasteiger charge is -2.13. The SMILES string of the molecule is CCCCCCCCSC[C@H]1OC(O)[C@H](O)[C@H]1O. The van der Waals surface area contributed by atoms with E-state index in [0.29, 0.717) is 5.75 Å². The third-order valence-electron chi connectivity index (χ3n) is 3.26. The Morgan fingerprint density at radius 1 is 0.944 bits per heavy atom. The minimum atomic E-state index is -1.24. The zero-order chi connectivity index (χ0) is 13.4. The third-order valence-corrected chi connectivity index (χ3v) is 4.40. The van der Waals surface area contributed by atoms with Gasteiger partial charge in [-0.3, -0.25) is 0 Å². The summed E-state index contributed by atoms with van der Waals surface area (Å²) in [5.41, 5.74) is 0. The summed E-state index contributed by atoms with van der Waals surface area (Å²) >= 11 is 1.71. The van der Waals surface area contributed by atoms with E-state index in [9.17, 15) is 15.3 Å². The van der Waals surface area contributed by atoms with Crippen molar-refractivity contribution in [3.05, 3.63) is 0 Å².